The number of halogens is 2. The van der Waals surface area contributed by atoms with Gasteiger partial charge in [-0.1, -0.05) is 26.0 Å². The Bertz CT molecular complexity index is 1450. The van der Waals surface area contributed by atoms with Crippen LogP contribution < -0.4 is 19.5 Å². The fourth-order valence-electron chi connectivity index (χ4n) is 6.06. The molecule has 1 saturated heterocycles. The number of likely N-dealkylation sites (tertiary alicyclic amines) is 1. The van der Waals surface area contributed by atoms with Gasteiger partial charge in [0.2, 0.25) is 12.7 Å². The highest BCUT2D eigenvalue weighted by atomic mass is 19.1. The van der Waals surface area contributed by atoms with Crippen LogP contribution in [0.1, 0.15) is 55.0 Å². The van der Waals surface area contributed by atoms with E-state index in [0.717, 1.165) is 0 Å². The third-order valence-electron chi connectivity index (χ3n) is 7.95. The zero-order chi connectivity index (χ0) is 30.0. The molecule has 5 rings (SSSR count). The fourth-order valence-corrected chi connectivity index (χ4v) is 6.06. The second-order valence-corrected chi connectivity index (χ2v) is 10.4. The van der Waals surface area contributed by atoms with Crippen LogP contribution in [0.3, 0.4) is 0 Å². The summed E-state index contributed by atoms with van der Waals surface area (Å²) in [5.41, 5.74) is 2.76. The number of hydrogen-bond acceptors (Lipinski definition) is 6. The van der Waals surface area contributed by atoms with Crippen molar-refractivity contribution in [2.45, 2.75) is 45.6 Å². The van der Waals surface area contributed by atoms with Gasteiger partial charge in [-0.15, -0.1) is 0 Å². The largest absolute Gasteiger partial charge is 0.494 e. The number of nitrogens with zero attached hydrogens (tertiary/aromatic N) is 1. The monoisotopic (exact) mass is 580 g/mol. The number of carbonyl (C=O) groups excluding carboxylic acids is 1. The molecule has 1 unspecified atom stereocenters. The highest BCUT2D eigenvalue weighted by molar-refractivity contribution is 5.94. The number of hydrogen-bond donors (Lipinski definition) is 2. The number of aliphatic carboxylic acids is 1. The molecule has 1 fully saturated rings. The molecule has 0 aliphatic carbocycles. The Morgan fingerprint density at radius 3 is 2.24 bits per heavy atom. The number of anilines is 1. The zero-order valence-electron chi connectivity index (χ0n) is 23.8. The number of amides is 1. The van der Waals surface area contributed by atoms with Crippen molar-refractivity contribution in [1.82, 2.24) is 4.90 Å². The summed E-state index contributed by atoms with van der Waals surface area (Å²) in [5, 5.41) is 13.4. The number of carboxylic acids is 1. The van der Waals surface area contributed by atoms with Gasteiger partial charge in [0.1, 0.15) is 17.4 Å². The quantitative estimate of drug-likeness (QED) is 0.318. The summed E-state index contributed by atoms with van der Waals surface area (Å²) < 4.78 is 45.9. The Labute approximate surface area is 243 Å². The molecule has 3 atom stereocenters. The third kappa shape index (κ3) is 5.76. The molecular formula is C32H34F2N2O6. The van der Waals surface area contributed by atoms with E-state index in [1.807, 2.05) is 20.8 Å². The molecule has 3 aromatic carbocycles. The Balaban J connectivity index is 1.51. The summed E-state index contributed by atoms with van der Waals surface area (Å²) in [6, 6.07) is 11.8. The molecule has 0 saturated carbocycles. The number of benzene rings is 3. The van der Waals surface area contributed by atoms with E-state index in [-0.39, 0.29) is 42.9 Å². The van der Waals surface area contributed by atoms with Crippen LogP contribution in [0, 0.1) is 17.6 Å². The lowest BCUT2D eigenvalue weighted by molar-refractivity contribution is -0.143. The maximum Gasteiger partial charge on any atom is 0.309 e. The average molecular weight is 581 g/mol. The van der Waals surface area contributed by atoms with Gasteiger partial charge in [-0.05, 0) is 72.4 Å². The van der Waals surface area contributed by atoms with Crippen LogP contribution in [0.2, 0.25) is 0 Å². The third-order valence-corrected chi connectivity index (χ3v) is 7.95. The molecule has 0 aromatic heterocycles. The van der Waals surface area contributed by atoms with Gasteiger partial charge in [0.25, 0.3) is 0 Å². The topological polar surface area (TPSA) is 97.3 Å². The average Bonchev–Trinajstić information content (AvgIpc) is 3.57. The van der Waals surface area contributed by atoms with Crippen LogP contribution in [0.5, 0.6) is 17.2 Å². The number of ether oxygens (including phenoxy) is 3. The minimum atomic E-state index is -1.11. The second-order valence-electron chi connectivity index (χ2n) is 10.4. The van der Waals surface area contributed by atoms with E-state index >= 15 is 4.39 Å². The summed E-state index contributed by atoms with van der Waals surface area (Å²) in [5.74, 6) is -3.08. The van der Waals surface area contributed by atoms with E-state index in [2.05, 4.69) is 5.32 Å². The normalized spacial score (nSPS) is 19.6. The van der Waals surface area contributed by atoms with Crippen molar-refractivity contribution < 1.29 is 37.7 Å². The maximum absolute atomic E-state index is 15.4. The molecule has 222 valence electrons. The van der Waals surface area contributed by atoms with Gasteiger partial charge >= 0.3 is 5.97 Å². The van der Waals surface area contributed by atoms with E-state index in [1.54, 1.807) is 29.2 Å². The minimum Gasteiger partial charge on any atom is -0.494 e. The van der Waals surface area contributed by atoms with Crippen molar-refractivity contribution in [2.75, 3.05) is 31.8 Å². The molecule has 0 radical (unpaired) electrons. The molecule has 0 bridgehead atoms. The first kappa shape index (κ1) is 29.3. The van der Waals surface area contributed by atoms with Crippen LogP contribution in [0.25, 0.3) is 0 Å². The molecule has 2 N–H and O–H groups in total. The van der Waals surface area contributed by atoms with E-state index in [9.17, 15) is 19.1 Å². The molecular weight excluding hydrogens is 546 g/mol. The lowest BCUT2D eigenvalue weighted by atomic mass is 9.82. The number of carboxylic acid groups (broad SMARTS) is 1. The Kier molecular flexibility index (Phi) is 8.63. The van der Waals surface area contributed by atoms with Crippen LogP contribution in [0.4, 0.5) is 14.5 Å². The molecule has 8 nitrogen and oxygen atoms in total. The molecule has 0 spiro atoms. The molecule has 2 heterocycles. The number of nitrogens with one attached hydrogen (secondary N) is 1. The highest BCUT2D eigenvalue weighted by Crippen LogP contribution is 2.48. The van der Waals surface area contributed by atoms with Crippen LogP contribution in [0.15, 0.2) is 48.5 Å². The van der Waals surface area contributed by atoms with E-state index < -0.39 is 29.7 Å². The molecule has 42 heavy (non-hydrogen) atoms. The summed E-state index contributed by atoms with van der Waals surface area (Å²) in [7, 11) is 0. The number of rotatable bonds is 10. The van der Waals surface area contributed by atoms with Crippen LogP contribution in [-0.4, -0.2) is 48.4 Å². The SMILES string of the molecule is CCOc1ccc([C@H]2C(C(=O)O)[C@@H](c3cc4c(cc3F)OCO4)CN2CC(=O)Nc2c(CC)cc(F)cc2CC)cc1. The Morgan fingerprint density at radius 2 is 1.64 bits per heavy atom. The lowest BCUT2D eigenvalue weighted by Crippen LogP contribution is -2.35. The standard InChI is InChI=1S/C32H34F2N2O6/c1-4-18-11-21(33)12-19(5-2)30(18)35-28(37)16-36-15-24(23-13-26-27(14-25(23)34)42-17-41-26)29(32(38)39)31(36)20-7-9-22(10-8-20)40-6-3/h7-14,24,29,31H,4-6,15-17H2,1-3H3,(H,35,37)(H,38,39)/t24-,29?,31+/m1/s1. The van der Waals surface area contributed by atoms with Crippen molar-refractivity contribution in [2.24, 2.45) is 5.92 Å². The summed E-state index contributed by atoms with van der Waals surface area (Å²) in [6.07, 6.45) is 1.04. The smallest absolute Gasteiger partial charge is 0.309 e. The molecule has 10 heteroatoms. The van der Waals surface area contributed by atoms with Gasteiger partial charge in [-0.25, -0.2) is 8.78 Å². The van der Waals surface area contributed by atoms with Crippen molar-refractivity contribution in [1.29, 1.82) is 0 Å². The minimum absolute atomic E-state index is 0.0464. The van der Waals surface area contributed by atoms with Crippen molar-refractivity contribution in [3.8, 4) is 17.2 Å². The molecule has 1 amide bonds. The van der Waals surface area contributed by atoms with Gasteiger partial charge in [-0.3, -0.25) is 14.5 Å². The Morgan fingerprint density at radius 1 is 1.00 bits per heavy atom. The number of aryl methyl sites for hydroxylation is 2. The second kappa shape index (κ2) is 12.4. The van der Waals surface area contributed by atoms with Gasteiger partial charge in [0.05, 0.1) is 19.1 Å². The first-order valence-electron chi connectivity index (χ1n) is 14.1. The molecule has 2 aliphatic heterocycles. The number of carbonyl (C=O) groups is 2. The van der Waals surface area contributed by atoms with E-state index in [0.29, 0.717) is 53.3 Å². The van der Waals surface area contributed by atoms with E-state index in [1.165, 1.54) is 24.3 Å². The van der Waals surface area contributed by atoms with Crippen LogP contribution >= 0.6 is 0 Å². The Hall–Kier alpha value is -4.18. The summed E-state index contributed by atoms with van der Waals surface area (Å²) in [4.78, 5) is 28.1. The van der Waals surface area contributed by atoms with Crippen LogP contribution in [-0.2, 0) is 22.4 Å². The molecule has 3 aromatic rings. The van der Waals surface area contributed by atoms with E-state index in [4.69, 9.17) is 14.2 Å². The van der Waals surface area contributed by atoms with Gasteiger partial charge in [0.15, 0.2) is 11.5 Å². The van der Waals surface area contributed by atoms with Gasteiger partial charge < -0.3 is 24.6 Å². The summed E-state index contributed by atoms with van der Waals surface area (Å²) >= 11 is 0. The predicted molar refractivity (Wildman–Crippen MR) is 152 cm³/mol. The van der Waals surface area contributed by atoms with Gasteiger partial charge in [0, 0.05) is 30.3 Å². The lowest BCUT2D eigenvalue weighted by Gasteiger charge is -2.27. The van der Waals surface area contributed by atoms with Gasteiger partial charge in [-0.2, -0.15) is 0 Å². The first-order chi connectivity index (χ1) is 20.2. The van der Waals surface area contributed by atoms with Crippen molar-refractivity contribution >= 4 is 17.6 Å². The fraction of sp³-hybridized carbons (Fsp3) is 0.375. The number of fused-ring (bicyclic) bond motifs is 1. The summed E-state index contributed by atoms with van der Waals surface area (Å²) in [6.45, 7) is 6.00. The molecule has 2 aliphatic rings. The highest BCUT2D eigenvalue weighted by Gasteiger charge is 2.49. The predicted octanol–water partition coefficient (Wildman–Crippen LogP) is 5.70. The van der Waals surface area contributed by atoms with Crippen molar-refractivity contribution in [3.63, 3.8) is 0 Å². The maximum atomic E-state index is 15.4. The first-order valence-corrected chi connectivity index (χ1v) is 14.1. The zero-order valence-corrected chi connectivity index (χ0v) is 23.8. The van der Waals surface area contributed by atoms with Crippen molar-refractivity contribution in [3.05, 3.63) is 82.4 Å².